The topological polar surface area (TPSA) is 41.5 Å². The number of nitrogens with zero attached hydrogens (tertiary/aromatic N) is 4. The van der Waals surface area contributed by atoms with E-state index in [0.717, 1.165) is 54.3 Å². The summed E-state index contributed by atoms with van der Waals surface area (Å²) in [5, 5.41) is 0. The average Bonchev–Trinajstić information content (AvgIpc) is 3.54. The number of hydrogen-bond donors (Lipinski definition) is 0. The molecule has 0 radical (unpaired) electrons. The van der Waals surface area contributed by atoms with Gasteiger partial charge in [-0.05, 0) is 49.9 Å². The number of rotatable bonds is 6. The van der Waals surface area contributed by atoms with E-state index in [9.17, 15) is 0 Å². The summed E-state index contributed by atoms with van der Waals surface area (Å²) in [5.41, 5.74) is 1.24. The van der Waals surface area contributed by atoms with Crippen molar-refractivity contribution >= 4 is 21.7 Å². The molecule has 1 saturated heterocycles. The lowest BCUT2D eigenvalue weighted by Crippen LogP contribution is -2.43. The summed E-state index contributed by atoms with van der Waals surface area (Å²) in [4.78, 5) is 14.1. The van der Waals surface area contributed by atoms with Crippen LogP contribution in [0.3, 0.4) is 0 Å². The fraction of sp³-hybridized carbons (Fsp3) is 0.524. The van der Waals surface area contributed by atoms with Gasteiger partial charge in [-0.1, -0.05) is 15.9 Å². The van der Waals surface area contributed by atoms with Crippen LogP contribution >= 0.6 is 15.9 Å². The molecule has 2 aliphatic rings. The van der Waals surface area contributed by atoms with Crippen LogP contribution in [0.15, 0.2) is 34.9 Å². The number of hydrogen-bond acceptors (Lipinski definition) is 5. The normalized spacial score (nSPS) is 18.5. The molecule has 0 spiro atoms. The maximum absolute atomic E-state index is 5.52. The second-order valence-corrected chi connectivity index (χ2v) is 8.54. The molecule has 144 valence electrons. The second kappa shape index (κ2) is 8.15. The highest BCUT2D eigenvalue weighted by Crippen LogP contribution is 2.38. The first-order valence-electron chi connectivity index (χ1n) is 9.74. The van der Waals surface area contributed by atoms with E-state index in [2.05, 4.69) is 43.8 Å². The van der Waals surface area contributed by atoms with E-state index in [1.54, 1.807) is 7.11 Å². The SMILES string of the molecule is COc1ccc(Br)cc1CN1CCC(N(C)c2ccnc(C3CC3)n2)CC1. The Bertz CT molecular complexity index is 788. The molecule has 0 bridgehead atoms. The zero-order valence-corrected chi connectivity index (χ0v) is 17.7. The van der Waals surface area contributed by atoms with E-state index in [0.29, 0.717) is 12.0 Å². The smallest absolute Gasteiger partial charge is 0.133 e. The first kappa shape index (κ1) is 18.7. The van der Waals surface area contributed by atoms with Gasteiger partial charge in [0.15, 0.2) is 0 Å². The molecule has 27 heavy (non-hydrogen) atoms. The highest BCUT2D eigenvalue weighted by atomic mass is 79.9. The van der Waals surface area contributed by atoms with Crippen LogP contribution in [0.2, 0.25) is 0 Å². The van der Waals surface area contributed by atoms with Gasteiger partial charge in [-0.2, -0.15) is 0 Å². The van der Waals surface area contributed by atoms with Crippen molar-refractivity contribution in [2.24, 2.45) is 0 Å². The molecular formula is C21H27BrN4O. The summed E-state index contributed by atoms with van der Waals surface area (Å²) >= 11 is 3.57. The molecule has 1 saturated carbocycles. The quantitative estimate of drug-likeness (QED) is 0.685. The molecule has 4 rings (SSSR count). The number of piperidine rings is 1. The maximum atomic E-state index is 5.52. The average molecular weight is 431 g/mol. The van der Waals surface area contributed by atoms with Gasteiger partial charge >= 0.3 is 0 Å². The highest BCUT2D eigenvalue weighted by Gasteiger charge is 2.28. The maximum Gasteiger partial charge on any atom is 0.133 e. The third-order valence-corrected chi connectivity index (χ3v) is 6.20. The lowest BCUT2D eigenvalue weighted by atomic mass is 10.0. The minimum atomic E-state index is 0.535. The van der Waals surface area contributed by atoms with E-state index in [4.69, 9.17) is 9.72 Å². The Kier molecular flexibility index (Phi) is 5.64. The summed E-state index contributed by atoms with van der Waals surface area (Å²) in [6.45, 7) is 3.11. The number of likely N-dealkylation sites (tertiary alicyclic amines) is 1. The van der Waals surface area contributed by atoms with Gasteiger partial charge < -0.3 is 9.64 Å². The fourth-order valence-electron chi connectivity index (χ4n) is 3.86. The van der Waals surface area contributed by atoms with Crippen molar-refractivity contribution in [2.75, 3.05) is 32.1 Å². The Morgan fingerprint density at radius 2 is 1.96 bits per heavy atom. The summed E-state index contributed by atoms with van der Waals surface area (Å²) in [6.07, 6.45) is 6.70. The van der Waals surface area contributed by atoms with Crippen LogP contribution in [-0.2, 0) is 6.54 Å². The van der Waals surface area contributed by atoms with E-state index in [-0.39, 0.29) is 0 Å². The Hall–Kier alpha value is -1.66. The number of aromatic nitrogens is 2. The van der Waals surface area contributed by atoms with Crippen LogP contribution in [0, 0.1) is 0 Å². The first-order valence-corrected chi connectivity index (χ1v) is 10.5. The van der Waals surface area contributed by atoms with Gasteiger partial charge in [0.1, 0.15) is 17.4 Å². The third kappa shape index (κ3) is 4.43. The Morgan fingerprint density at radius 1 is 1.19 bits per heavy atom. The lowest BCUT2D eigenvalue weighted by molar-refractivity contribution is 0.201. The van der Waals surface area contributed by atoms with Gasteiger partial charge in [0.05, 0.1) is 7.11 Å². The molecule has 1 aliphatic carbocycles. The van der Waals surface area contributed by atoms with Gasteiger partial charge in [-0.3, -0.25) is 4.90 Å². The number of halogens is 1. The Labute approximate surface area is 169 Å². The van der Waals surface area contributed by atoms with E-state index >= 15 is 0 Å². The standard InChI is InChI=1S/C21H27BrN4O/c1-25(20-7-10-23-21(24-20)15-3-4-15)18-8-11-26(12-9-18)14-16-13-17(22)5-6-19(16)27-2/h5-7,10,13,15,18H,3-4,8-9,11-12,14H2,1-2H3. The molecule has 0 atom stereocenters. The summed E-state index contributed by atoms with van der Waals surface area (Å²) < 4.78 is 6.62. The molecule has 5 nitrogen and oxygen atoms in total. The number of benzene rings is 1. The van der Waals surface area contributed by atoms with Crippen LogP contribution in [0.5, 0.6) is 5.75 Å². The Balaban J connectivity index is 1.36. The van der Waals surface area contributed by atoms with Crippen molar-refractivity contribution in [1.29, 1.82) is 0 Å². The lowest BCUT2D eigenvalue weighted by Gasteiger charge is -2.37. The fourth-order valence-corrected chi connectivity index (χ4v) is 4.27. The molecule has 2 aromatic rings. The molecule has 0 N–H and O–H groups in total. The molecule has 0 amide bonds. The molecule has 2 fully saturated rings. The van der Waals surface area contributed by atoms with Crippen molar-refractivity contribution in [2.45, 2.75) is 44.2 Å². The third-order valence-electron chi connectivity index (χ3n) is 5.70. The molecule has 1 aromatic heterocycles. The number of anilines is 1. The van der Waals surface area contributed by atoms with Crippen LogP contribution < -0.4 is 9.64 Å². The minimum Gasteiger partial charge on any atom is -0.496 e. The highest BCUT2D eigenvalue weighted by molar-refractivity contribution is 9.10. The molecule has 2 heterocycles. The van der Waals surface area contributed by atoms with Gasteiger partial charge in [-0.15, -0.1) is 0 Å². The van der Waals surface area contributed by atoms with Crippen molar-refractivity contribution in [3.05, 3.63) is 46.3 Å². The van der Waals surface area contributed by atoms with Crippen molar-refractivity contribution in [3.8, 4) is 5.75 Å². The van der Waals surface area contributed by atoms with Crippen LogP contribution in [0.1, 0.15) is 43.0 Å². The Morgan fingerprint density at radius 3 is 2.67 bits per heavy atom. The van der Waals surface area contributed by atoms with Gasteiger partial charge in [0.2, 0.25) is 0 Å². The summed E-state index contributed by atoms with van der Waals surface area (Å²) in [7, 11) is 3.92. The van der Waals surface area contributed by atoms with Crippen molar-refractivity contribution in [3.63, 3.8) is 0 Å². The largest absolute Gasteiger partial charge is 0.496 e. The predicted molar refractivity (Wildman–Crippen MR) is 111 cm³/mol. The van der Waals surface area contributed by atoms with Gasteiger partial charge in [-0.25, -0.2) is 9.97 Å². The monoisotopic (exact) mass is 430 g/mol. The summed E-state index contributed by atoms with van der Waals surface area (Å²) in [6, 6.07) is 8.81. The van der Waals surface area contributed by atoms with Crippen LogP contribution in [0.4, 0.5) is 5.82 Å². The number of ether oxygens (including phenoxy) is 1. The zero-order valence-electron chi connectivity index (χ0n) is 16.1. The zero-order chi connectivity index (χ0) is 18.8. The second-order valence-electron chi connectivity index (χ2n) is 7.62. The van der Waals surface area contributed by atoms with Gasteiger partial charge in [0, 0.05) is 54.9 Å². The van der Waals surface area contributed by atoms with E-state index < -0.39 is 0 Å². The van der Waals surface area contributed by atoms with E-state index in [1.165, 1.54) is 18.4 Å². The minimum absolute atomic E-state index is 0.535. The number of methoxy groups -OCH3 is 1. The molecule has 0 unspecified atom stereocenters. The van der Waals surface area contributed by atoms with Gasteiger partial charge in [0.25, 0.3) is 0 Å². The van der Waals surface area contributed by atoms with Crippen molar-refractivity contribution < 1.29 is 4.74 Å². The molecular weight excluding hydrogens is 404 g/mol. The predicted octanol–water partition coefficient (Wildman–Crippen LogP) is 4.23. The molecule has 1 aromatic carbocycles. The molecule has 1 aliphatic heterocycles. The first-order chi connectivity index (χ1) is 13.1. The van der Waals surface area contributed by atoms with Crippen LogP contribution in [0.25, 0.3) is 0 Å². The van der Waals surface area contributed by atoms with E-state index in [1.807, 2.05) is 24.4 Å². The van der Waals surface area contributed by atoms with Crippen molar-refractivity contribution in [1.82, 2.24) is 14.9 Å². The van der Waals surface area contributed by atoms with Crippen LogP contribution in [-0.4, -0.2) is 48.2 Å². The molecule has 6 heteroatoms. The summed E-state index contributed by atoms with van der Waals surface area (Å²) in [5.74, 6) is 3.66.